The standard InChI is InChI=1S/C70H57FO5/c1-2-43-76-67-49-58(48-60(56-35-36-56)68(67)57-37-39-59(71)40-38-57)61(44-52-25-13-5-14-26-52)69(74)64(47-55-31-19-8-20-32-55)70(75,62(45-53-27-15-6-16-28-53)65(72)41-33-50-21-9-3-10-22-50)63(46-54-29-17-7-18-30-54)66(73)42-34-51-23-11-4-12-24-51/h3-34,37-42,44-49,56,75H,2,35-36,43H2,1H3. The highest BCUT2D eigenvalue weighted by atomic mass is 19.1. The van der Waals surface area contributed by atoms with Gasteiger partial charge in [0, 0.05) is 27.9 Å². The van der Waals surface area contributed by atoms with Gasteiger partial charge in [-0.2, -0.15) is 0 Å². The molecular formula is C70H57FO5. The fourth-order valence-corrected chi connectivity index (χ4v) is 9.18. The second kappa shape index (κ2) is 24.8. The number of rotatable bonds is 21. The van der Waals surface area contributed by atoms with Crippen molar-refractivity contribution in [1.29, 1.82) is 0 Å². The lowest BCUT2D eigenvalue weighted by molar-refractivity contribution is -0.114. The molecule has 8 aromatic rings. The molecule has 1 aliphatic carbocycles. The van der Waals surface area contributed by atoms with Crippen LogP contribution in [0.25, 0.3) is 53.2 Å². The number of Topliss-reactive ketones (excluding diaryl/α,β-unsaturated/α-hetero) is 1. The summed E-state index contributed by atoms with van der Waals surface area (Å²) in [7, 11) is 0. The van der Waals surface area contributed by atoms with Crippen LogP contribution in [0, 0.1) is 5.82 Å². The lowest BCUT2D eigenvalue weighted by atomic mass is 9.71. The average Bonchev–Trinajstić information content (AvgIpc) is 4.34. The minimum absolute atomic E-state index is 0.122. The lowest BCUT2D eigenvalue weighted by Gasteiger charge is -2.34. The Morgan fingerprint density at radius 1 is 0.526 bits per heavy atom. The Balaban J connectivity index is 1.38. The number of ether oxygens (including phenoxy) is 1. The zero-order valence-corrected chi connectivity index (χ0v) is 42.3. The van der Waals surface area contributed by atoms with Gasteiger partial charge in [0.2, 0.25) is 0 Å². The normalized spacial score (nSPS) is 14.1. The summed E-state index contributed by atoms with van der Waals surface area (Å²) < 4.78 is 21.1. The molecule has 0 aliphatic heterocycles. The summed E-state index contributed by atoms with van der Waals surface area (Å²) in [6, 6.07) is 65.5. The van der Waals surface area contributed by atoms with E-state index < -0.39 is 23.0 Å². The molecule has 1 saturated carbocycles. The van der Waals surface area contributed by atoms with Crippen molar-refractivity contribution in [1.82, 2.24) is 0 Å². The van der Waals surface area contributed by atoms with Crippen molar-refractivity contribution in [3.8, 4) is 16.9 Å². The van der Waals surface area contributed by atoms with Crippen molar-refractivity contribution in [2.45, 2.75) is 37.7 Å². The van der Waals surface area contributed by atoms with Crippen LogP contribution >= 0.6 is 0 Å². The first-order chi connectivity index (χ1) is 37.2. The van der Waals surface area contributed by atoms with Crippen LogP contribution in [0.3, 0.4) is 0 Å². The van der Waals surface area contributed by atoms with Gasteiger partial charge in [-0.1, -0.05) is 213 Å². The minimum Gasteiger partial charge on any atom is -0.493 e. The summed E-state index contributed by atoms with van der Waals surface area (Å²) in [6.07, 6.45) is 15.0. The van der Waals surface area contributed by atoms with E-state index in [1.807, 2.05) is 177 Å². The molecular weight excluding hydrogens is 940 g/mol. The molecule has 1 N–H and O–H groups in total. The van der Waals surface area contributed by atoms with Gasteiger partial charge >= 0.3 is 0 Å². The van der Waals surface area contributed by atoms with Crippen LogP contribution in [-0.2, 0) is 14.4 Å². The smallest absolute Gasteiger partial charge is 0.193 e. The van der Waals surface area contributed by atoms with E-state index in [4.69, 9.17) is 4.74 Å². The Labute approximate surface area is 444 Å². The maximum Gasteiger partial charge on any atom is 0.193 e. The minimum atomic E-state index is -2.79. The molecule has 0 bridgehead atoms. The number of benzene rings is 8. The maximum absolute atomic E-state index is 16.9. The van der Waals surface area contributed by atoms with Crippen LogP contribution in [-0.4, -0.2) is 34.7 Å². The first-order valence-electron chi connectivity index (χ1n) is 25.7. The molecule has 6 heteroatoms. The molecule has 0 unspecified atom stereocenters. The second-order valence-corrected chi connectivity index (χ2v) is 18.7. The van der Waals surface area contributed by atoms with Crippen molar-refractivity contribution in [2.75, 3.05) is 6.61 Å². The molecule has 76 heavy (non-hydrogen) atoms. The van der Waals surface area contributed by atoms with Gasteiger partial charge in [0.05, 0.1) is 6.61 Å². The summed E-state index contributed by atoms with van der Waals surface area (Å²) in [5.41, 5.74) is 3.36. The molecule has 1 fully saturated rings. The Morgan fingerprint density at radius 3 is 1.33 bits per heavy atom. The van der Waals surface area contributed by atoms with Gasteiger partial charge in [-0.05, 0) is 136 Å². The molecule has 0 atom stereocenters. The number of ketones is 3. The third-order valence-corrected chi connectivity index (χ3v) is 13.1. The molecule has 0 amide bonds. The third kappa shape index (κ3) is 12.8. The summed E-state index contributed by atoms with van der Waals surface area (Å²) in [6.45, 7) is 2.38. The van der Waals surface area contributed by atoms with Crippen LogP contribution in [0.1, 0.15) is 76.6 Å². The Kier molecular flexibility index (Phi) is 16.9. The highest BCUT2D eigenvalue weighted by Crippen LogP contribution is 2.50. The topological polar surface area (TPSA) is 80.7 Å². The largest absolute Gasteiger partial charge is 0.493 e. The Hall–Kier alpha value is -9.10. The number of carbonyl (C=O) groups is 3. The highest BCUT2D eigenvalue weighted by molar-refractivity contribution is 6.36. The quantitative estimate of drug-likeness (QED) is 0.0573. The molecule has 5 nitrogen and oxygen atoms in total. The van der Waals surface area contributed by atoms with E-state index in [2.05, 4.69) is 0 Å². The number of allylic oxidation sites excluding steroid dienone is 3. The lowest BCUT2D eigenvalue weighted by Crippen LogP contribution is -2.44. The van der Waals surface area contributed by atoms with Crippen LogP contribution in [0.5, 0.6) is 5.75 Å². The fourth-order valence-electron chi connectivity index (χ4n) is 9.18. The van der Waals surface area contributed by atoms with E-state index in [1.54, 1.807) is 72.9 Å². The zero-order chi connectivity index (χ0) is 52.7. The maximum atomic E-state index is 16.9. The SMILES string of the molecule is CCCOc1cc(C(=Cc2ccccc2)C(=O)C(=Cc2ccccc2)C(O)(C(=Cc2ccccc2)C(=O)C=Cc2ccccc2)C(=Cc2ccccc2)C(=O)C=Cc2ccccc2)cc(C2CC2)c1-c1ccc(F)cc1. The summed E-state index contributed by atoms with van der Waals surface area (Å²) in [4.78, 5) is 48.2. The first-order valence-corrected chi connectivity index (χ1v) is 25.7. The molecule has 0 heterocycles. The van der Waals surface area contributed by atoms with E-state index >= 15 is 14.4 Å². The number of aliphatic hydroxyl groups is 1. The Bertz CT molecular complexity index is 3370. The molecule has 9 rings (SSSR count). The van der Waals surface area contributed by atoms with E-state index in [9.17, 15) is 9.50 Å². The van der Waals surface area contributed by atoms with E-state index in [1.165, 1.54) is 24.3 Å². The van der Waals surface area contributed by atoms with Crippen LogP contribution in [0.15, 0.2) is 247 Å². The Morgan fingerprint density at radius 2 is 0.921 bits per heavy atom. The molecule has 8 aromatic carbocycles. The molecule has 0 saturated heterocycles. The van der Waals surface area contributed by atoms with Gasteiger partial charge in [0.15, 0.2) is 23.0 Å². The average molecular weight is 997 g/mol. The fraction of sp³-hybridized carbons (Fsp3) is 0.100. The van der Waals surface area contributed by atoms with E-state index in [0.717, 1.165) is 40.7 Å². The predicted molar refractivity (Wildman–Crippen MR) is 308 cm³/mol. The van der Waals surface area contributed by atoms with Crippen LogP contribution in [0.4, 0.5) is 4.39 Å². The van der Waals surface area contributed by atoms with Gasteiger partial charge < -0.3 is 9.84 Å². The summed E-state index contributed by atoms with van der Waals surface area (Å²) in [5, 5.41) is 14.8. The summed E-state index contributed by atoms with van der Waals surface area (Å²) in [5.74, 6) is -1.69. The molecule has 0 aromatic heterocycles. The van der Waals surface area contributed by atoms with Gasteiger partial charge in [-0.3, -0.25) is 14.4 Å². The van der Waals surface area contributed by atoms with Crippen molar-refractivity contribution in [3.05, 3.63) is 298 Å². The first kappa shape index (κ1) is 51.8. The van der Waals surface area contributed by atoms with Gasteiger partial charge in [-0.25, -0.2) is 4.39 Å². The van der Waals surface area contributed by atoms with Crippen molar-refractivity contribution in [3.63, 3.8) is 0 Å². The number of hydrogen-bond donors (Lipinski definition) is 1. The monoisotopic (exact) mass is 996 g/mol. The second-order valence-electron chi connectivity index (χ2n) is 18.7. The number of hydrogen-bond acceptors (Lipinski definition) is 5. The van der Waals surface area contributed by atoms with Gasteiger partial charge in [-0.15, -0.1) is 0 Å². The molecule has 1 aliphatic rings. The van der Waals surface area contributed by atoms with Gasteiger partial charge in [0.1, 0.15) is 11.6 Å². The summed E-state index contributed by atoms with van der Waals surface area (Å²) >= 11 is 0. The van der Waals surface area contributed by atoms with Crippen molar-refractivity contribution in [2.24, 2.45) is 0 Å². The van der Waals surface area contributed by atoms with E-state index in [0.29, 0.717) is 46.6 Å². The predicted octanol–water partition coefficient (Wildman–Crippen LogP) is 15.8. The van der Waals surface area contributed by atoms with E-state index in [-0.39, 0.29) is 34.0 Å². The highest BCUT2D eigenvalue weighted by Gasteiger charge is 2.48. The zero-order valence-electron chi connectivity index (χ0n) is 42.3. The van der Waals surface area contributed by atoms with Gasteiger partial charge in [0.25, 0.3) is 0 Å². The molecule has 374 valence electrons. The number of halogens is 1. The van der Waals surface area contributed by atoms with Crippen LogP contribution < -0.4 is 4.74 Å². The van der Waals surface area contributed by atoms with Crippen molar-refractivity contribution < 1.29 is 28.6 Å². The number of carbonyl (C=O) groups excluding carboxylic acids is 3. The van der Waals surface area contributed by atoms with Crippen LogP contribution in [0.2, 0.25) is 0 Å². The van der Waals surface area contributed by atoms with Crippen molar-refractivity contribution >= 4 is 59.4 Å². The molecule has 0 radical (unpaired) electrons. The third-order valence-electron chi connectivity index (χ3n) is 13.1. The molecule has 0 spiro atoms.